The van der Waals surface area contributed by atoms with Gasteiger partial charge < -0.3 is 20.1 Å². The van der Waals surface area contributed by atoms with Crippen LogP contribution in [0.25, 0.3) is 0 Å². The van der Waals surface area contributed by atoms with E-state index < -0.39 is 12.8 Å². The minimum absolute atomic E-state index is 0. The van der Waals surface area contributed by atoms with Crippen LogP contribution in [0.15, 0.2) is 4.99 Å². The summed E-state index contributed by atoms with van der Waals surface area (Å²) in [4.78, 5) is 4.64. The molecule has 1 rings (SSSR count). The van der Waals surface area contributed by atoms with Crippen LogP contribution in [0.5, 0.6) is 0 Å². The number of nitrogens with one attached hydrogen (secondary N) is 2. The van der Waals surface area contributed by atoms with Crippen molar-refractivity contribution < 1.29 is 22.6 Å². The van der Waals surface area contributed by atoms with Crippen LogP contribution >= 0.6 is 24.0 Å². The van der Waals surface area contributed by atoms with Gasteiger partial charge in [-0.3, -0.25) is 4.99 Å². The third-order valence-corrected chi connectivity index (χ3v) is 4.19. The first-order valence-corrected chi connectivity index (χ1v) is 8.56. The average molecular weight is 481 g/mol. The Labute approximate surface area is 165 Å². The fraction of sp³-hybridized carbons (Fsp3) is 0.938. The van der Waals surface area contributed by atoms with E-state index in [1.54, 1.807) is 7.11 Å². The molecular weight excluding hydrogens is 450 g/mol. The van der Waals surface area contributed by atoms with Gasteiger partial charge in [0.15, 0.2) is 5.96 Å². The molecule has 0 atom stereocenters. The lowest BCUT2D eigenvalue weighted by molar-refractivity contribution is -0.173. The second kappa shape index (κ2) is 13.0. The molecule has 9 heteroatoms. The van der Waals surface area contributed by atoms with Crippen molar-refractivity contribution >= 4 is 29.9 Å². The quantitative estimate of drug-likeness (QED) is 0.206. The van der Waals surface area contributed by atoms with Crippen molar-refractivity contribution in [3.8, 4) is 0 Å². The maximum absolute atomic E-state index is 12.0. The molecule has 2 N–H and O–H groups in total. The molecule has 0 saturated heterocycles. The van der Waals surface area contributed by atoms with Crippen molar-refractivity contribution in [3.63, 3.8) is 0 Å². The van der Waals surface area contributed by atoms with E-state index in [0.717, 1.165) is 26.1 Å². The topological polar surface area (TPSA) is 54.9 Å². The summed E-state index contributed by atoms with van der Waals surface area (Å²) in [7, 11) is 1.71. The molecule has 0 aromatic rings. The van der Waals surface area contributed by atoms with E-state index >= 15 is 0 Å². The van der Waals surface area contributed by atoms with Crippen molar-refractivity contribution in [1.82, 2.24) is 10.6 Å². The molecule has 1 aliphatic carbocycles. The lowest BCUT2D eigenvalue weighted by atomic mass is 9.67. The summed E-state index contributed by atoms with van der Waals surface area (Å²) in [6, 6.07) is 0. The first kappa shape index (κ1) is 24.7. The standard InChI is InChI=1S/C16H30F3N3O2.HI/c1-3-20-14(21-9-5-10-24-13-16(17,18)19)22-12-15(6-4-7-15)8-11-23-2;/h3-13H2,1-2H3,(H2,20,21,22);1H. The average Bonchev–Trinajstić information content (AvgIpc) is 2.48. The molecule has 1 aliphatic rings. The van der Waals surface area contributed by atoms with E-state index in [4.69, 9.17) is 4.74 Å². The number of ether oxygens (including phenoxy) is 2. The summed E-state index contributed by atoms with van der Waals surface area (Å²) in [5.41, 5.74) is 0.244. The molecule has 0 aromatic carbocycles. The Hall–Kier alpha value is -0.290. The fourth-order valence-corrected chi connectivity index (χ4v) is 2.64. The second-order valence-corrected chi connectivity index (χ2v) is 6.24. The molecule has 0 amide bonds. The van der Waals surface area contributed by atoms with Gasteiger partial charge in [-0.1, -0.05) is 6.42 Å². The van der Waals surface area contributed by atoms with Crippen molar-refractivity contribution in [3.05, 3.63) is 0 Å². The number of rotatable bonds is 11. The molecule has 0 heterocycles. The minimum Gasteiger partial charge on any atom is -0.385 e. The molecule has 0 bridgehead atoms. The van der Waals surface area contributed by atoms with Gasteiger partial charge in [-0.2, -0.15) is 13.2 Å². The second-order valence-electron chi connectivity index (χ2n) is 6.24. The van der Waals surface area contributed by atoms with E-state index in [1.165, 1.54) is 19.3 Å². The highest BCUT2D eigenvalue weighted by molar-refractivity contribution is 14.0. The molecule has 150 valence electrons. The highest BCUT2D eigenvalue weighted by Gasteiger charge is 2.36. The van der Waals surface area contributed by atoms with Gasteiger partial charge in [-0.25, -0.2) is 0 Å². The smallest absolute Gasteiger partial charge is 0.385 e. The molecule has 0 spiro atoms. The van der Waals surface area contributed by atoms with Crippen LogP contribution in [-0.4, -0.2) is 58.7 Å². The lowest BCUT2D eigenvalue weighted by Gasteiger charge is -2.40. The zero-order chi connectivity index (χ0) is 17.9. The molecule has 5 nitrogen and oxygen atoms in total. The molecule has 0 aliphatic heterocycles. The molecule has 1 fully saturated rings. The minimum atomic E-state index is -4.26. The highest BCUT2D eigenvalue weighted by atomic mass is 127. The predicted octanol–water partition coefficient (Wildman–Crippen LogP) is 3.34. The van der Waals surface area contributed by atoms with Crippen LogP contribution in [0.2, 0.25) is 0 Å². The summed E-state index contributed by atoms with van der Waals surface area (Å²) >= 11 is 0. The Morgan fingerprint density at radius 2 is 1.92 bits per heavy atom. The van der Waals surface area contributed by atoms with Crippen molar-refractivity contribution in [1.29, 1.82) is 0 Å². The number of hydrogen-bond donors (Lipinski definition) is 2. The van der Waals surface area contributed by atoms with E-state index in [-0.39, 0.29) is 36.0 Å². The molecule has 0 radical (unpaired) electrons. The summed E-state index contributed by atoms with van der Waals surface area (Å²) < 4.78 is 45.6. The number of hydrogen-bond acceptors (Lipinski definition) is 3. The zero-order valence-corrected chi connectivity index (χ0v) is 17.4. The van der Waals surface area contributed by atoms with Gasteiger partial charge >= 0.3 is 6.18 Å². The highest BCUT2D eigenvalue weighted by Crippen LogP contribution is 2.44. The predicted molar refractivity (Wildman–Crippen MR) is 104 cm³/mol. The van der Waals surface area contributed by atoms with E-state index in [9.17, 15) is 13.2 Å². The number of aliphatic imine (C=N–C) groups is 1. The normalized spacial score (nSPS) is 16.8. The zero-order valence-electron chi connectivity index (χ0n) is 15.1. The third-order valence-electron chi connectivity index (χ3n) is 4.19. The van der Waals surface area contributed by atoms with Crippen LogP contribution in [-0.2, 0) is 9.47 Å². The Morgan fingerprint density at radius 1 is 1.20 bits per heavy atom. The molecule has 25 heavy (non-hydrogen) atoms. The SMILES string of the molecule is CCNC(=NCC1(CCOC)CCC1)NCCCOCC(F)(F)F.I. The lowest BCUT2D eigenvalue weighted by Crippen LogP contribution is -2.40. The Balaban J connectivity index is 0.00000576. The van der Waals surface area contributed by atoms with E-state index in [0.29, 0.717) is 18.9 Å². The number of methoxy groups -OCH3 is 1. The van der Waals surface area contributed by atoms with E-state index in [2.05, 4.69) is 20.4 Å². The summed E-state index contributed by atoms with van der Waals surface area (Å²) in [5.74, 6) is 0.706. The number of halogens is 4. The summed E-state index contributed by atoms with van der Waals surface area (Å²) in [6.07, 6.45) is 0.824. The van der Waals surface area contributed by atoms with Gasteiger partial charge in [0.25, 0.3) is 0 Å². The Kier molecular flexibility index (Phi) is 12.8. The van der Waals surface area contributed by atoms with Crippen molar-refractivity contribution in [2.24, 2.45) is 10.4 Å². The number of guanidine groups is 1. The van der Waals surface area contributed by atoms with Gasteiger partial charge in [0, 0.05) is 40.0 Å². The maximum atomic E-state index is 12.0. The first-order valence-electron chi connectivity index (χ1n) is 8.56. The molecule has 0 unspecified atom stereocenters. The largest absolute Gasteiger partial charge is 0.411 e. The van der Waals surface area contributed by atoms with Gasteiger partial charge in [-0.05, 0) is 38.0 Å². The summed E-state index contributed by atoms with van der Waals surface area (Å²) in [5, 5.41) is 6.30. The Bertz CT molecular complexity index is 378. The van der Waals surface area contributed by atoms with Crippen molar-refractivity contribution in [2.75, 3.05) is 46.6 Å². The van der Waals surface area contributed by atoms with Crippen molar-refractivity contribution in [2.45, 2.75) is 45.2 Å². The number of nitrogens with zero attached hydrogens (tertiary/aromatic N) is 1. The van der Waals surface area contributed by atoms with Crippen LogP contribution in [0.4, 0.5) is 13.2 Å². The fourth-order valence-electron chi connectivity index (χ4n) is 2.64. The summed E-state index contributed by atoms with van der Waals surface area (Å²) in [6.45, 7) is 3.61. The van der Waals surface area contributed by atoms with Crippen LogP contribution < -0.4 is 10.6 Å². The van der Waals surface area contributed by atoms with E-state index in [1.807, 2.05) is 6.92 Å². The first-order chi connectivity index (χ1) is 11.4. The number of alkyl halides is 3. The van der Waals surface area contributed by atoms with Crippen LogP contribution in [0, 0.1) is 5.41 Å². The molecular formula is C16H31F3IN3O2. The Morgan fingerprint density at radius 3 is 2.44 bits per heavy atom. The monoisotopic (exact) mass is 481 g/mol. The van der Waals surface area contributed by atoms with Gasteiger partial charge in [-0.15, -0.1) is 24.0 Å². The van der Waals surface area contributed by atoms with Crippen LogP contribution in [0.1, 0.15) is 39.0 Å². The van der Waals surface area contributed by atoms with Gasteiger partial charge in [0.05, 0.1) is 0 Å². The van der Waals surface area contributed by atoms with Gasteiger partial charge in [0.2, 0.25) is 0 Å². The molecule has 0 aromatic heterocycles. The third kappa shape index (κ3) is 11.1. The van der Waals surface area contributed by atoms with Crippen LogP contribution in [0.3, 0.4) is 0 Å². The maximum Gasteiger partial charge on any atom is 0.411 e. The molecule has 1 saturated carbocycles. The van der Waals surface area contributed by atoms with Gasteiger partial charge in [0.1, 0.15) is 6.61 Å².